The Hall–Kier alpha value is -2.90. The monoisotopic (exact) mass is 360 g/mol. The first-order valence-corrected chi connectivity index (χ1v) is 8.13. The van der Waals surface area contributed by atoms with E-state index < -0.39 is 12.6 Å². The zero-order chi connectivity index (χ0) is 18.3. The maximum absolute atomic E-state index is 12.9. The Labute approximate surface area is 147 Å². The Morgan fingerprint density at radius 3 is 2.73 bits per heavy atom. The van der Waals surface area contributed by atoms with Gasteiger partial charge >= 0.3 is 0 Å². The van der Waals surface area contributed by atoms with E-state index in [1.807, 2.05) is 0 Å². The minimum absolute atomic E-state index is 0.0154. The smallest absolute Gasteiger partial charge is 0.263 e. The van der Waals surface area contributed by atoms with Crippen molar-refractivity contribution >= 4 is 16.9 Å². The molecule has 0 atom stereocenters. The molecule has 1 aromatic carbocycles. The minimum atomic E-state index is -2.55. The van der Waals surface area contributed by atoms with Crippen LogP contribution in [0.5, 0.6) is 0 Å². The molecule has 26 heavy (non-hydrogen) atoms. The molecule has 0 unspecified atom stereocenters. The Balaban J connectivity index is 1.64. The molecule has 5 nitrogen and oxygen atoms in total. The van der Waals surface area contributed by atoms with Crippen LogP contribution in [0.25, 0.3) is 22.2 Å². The predicted octanol–water partition coefficient (Wildman–Crippen LogP) is 3.22. The maximum Gasteiger partial charge on any atom is 0.263 e. The number of likely N-dealkylation sites (tertiary alicyclic amines) is 1. The van der Waals surface area contributed by atoms with Crippen LogP contribution in [-0.4, -0.2) is 44.8 Å². The third-order valence-electron chi connectivity index (χ3n) is 4.44. The normalized spacial score (nSPS) is 14.8. The van der Waals surface area contributed by atoms with Gasteiger partial charge in [0.15, 0.2) is 0 Å². The summed E-state index contributed by atoms with van der Waals surface area (Å²) >= 11 is 0. The third kappa shape index (κ3) is 3.02. The van der Waals surface area contributed by atoms with Crippen LogP contribution in [0.4, 0.5) is 13.2 Å². The molecule has 0 saturated carbocycles. The van der Waals surface area contributed by atoms with E-state index in [0.717, 1.165) is 0 Å². The van der Waals surface area contributed by atoms with Crippen molar-refractivity contribution in [1.82, 2.24) is 19.7 Å². The van der Waals surface area contributed by atoms with E-state index in [1.165, 1.54) is 27.9 Å². The fourth-order valence-corrected chi connectivity index (χ4v) is 2.95. The summed E-state index contributed by atoms with van der Waals surface area (Å²) in [5, 5.41) is 4.17. The van der Waals surface area contributed by atoms with Gasteiger partial charge in [-0.15, -0.1) is 0 Å². The first kappa shape index (κ1) is 16.6. The maximum atomic E-state index is 12.9. The predicted molar refractivity (Wildman–Crippen MR) is 89.4 cm³/mol. The first-order chi connectivity index (χ1) is 12.5. The molecule has 134 valence electrons. The molecule has 0 spiro atoms. The number of halogens is 3. The van der Waals surface area contributed by atoms with Gasteiger partial charge in [-0.05, 0) is 17.7 Å². The van der Waals surface area contributed by atoms with Gasteiger partial charge in [0.1, 0.15) is 18.2 Å². The molecule has 1 aliphatic rings. The number of aromatic nitrogens is 3. The molecule has 1 fully saturated rings. The van der Waals surface area contributed by atoms with Gasteiger partial charge in [0.2, 0.25) is 5.91 Å². The van der Waals surface area contributed by atoms with Gasteiger partial charge in [0, 0.05) is 17.3 Å². The summed E-state index contributed by atoms with van der Waals surface area (Å²) in [5.41, 5.74) is 2.42. The third-order valence-corrected chi connectivity index (χ3v) is 4.44. The number of amides is 1. The van der Waals surface area contributed by atoms with Crippen LogP contribution in [0.1, 0.15) is 12.0 Å². The van der Waals surface area contributed by atoms with Gasteiger partial charge in [0.25, 0.3) is 6.43 Å². The van der Waals surface area contributed by atoms with Crippen molar-refractivity contribution in [1.29, 1.82) is 0 Å². The van der Waals surface area contributed by atoms with Crippen molar-refractivity contribution in [3.05, 3.63) is 48.3 Å². The first-order valence-electron chi connectivity index (χ1n) is 8.13. The molecule has 1 saturated heterocycles. The van der Waals surface area contributed by atoms with E-state index in [2.05, 4.69) is 10.1 Å². The molecule has 1 amide bonds. The molecule has 0 bridgehead atoms. The molecule has 4 rings (SSSR count). The average molecular weight is 360 g/mol. The Morgan fingerprint density at radius 1 is 1.19 bits per heavy atom. The largest absolute Gasteiger partial charge is 0.335 e. The number of nitrogens with zero attached hydrogens (tertiary/aromatic N) is 4. The van der Waals surface area contributed by atoms with Crippen LogP contribution in [0.15, 0.2) is 42.7 Å². The standard InChI is InChI=1S/C18H15F3N4O/c19-14-8-24(9-14)17(26)10-25-16-5-13(6-22-15(16)7-23-25)11-2-1-3-12(4-11)18(20)21/h1-7,14,18H,8-10H2. The zero-order valence-corrected chi connectivity index (χ0v) is 13.6. The summed E-state index contributed by atoms with van der Waals surface area (Å²) < 4.78 is 40.2. The molecule has 2 aromatic heterocycles. The van der Waals surface area contributed by atoms with Crippen LogP contribution < -0.4 is 0 Å². The second-order valence-corrected chi connectivity index (χ2v) is 6.25. The highest BCUT2D eigenvalue weighted by molar-refractivity contribution is 5.83. The average Bonchev–Trinajstić information content (AvgIpc) is 3.01. The molecular weight excluding hydrogens is 345 g/mol. The highest BCUT2D eigenvalue weighted by Gasteiger charge is 2.30. The molecule has 0 aliphatic carbocycles. The molecule has 8 heteroatoms. The second kappa shape index (κ2) is 6.44. The van der Waals surface area contributed by atoms with Crippen LogP contribution in [-0.2, 0) is 11.3 Å². The summed E-state index contributed by atoms with van der Waals surface area (Å²) in [7, 11) is 0. The van der Waals surface area contributed by atoms with E-state index in [1.54, 1.807) is 24.4 Å². The van der Waals surface area contributed by atoms with Crippen LogP contribution >= 0.6 is 0 Å². The lowest BCUT2D eigenvalue weighted by atomic mass is 10.0. The second-order valence-electron chi connectivity index (χ2n) is 6.25. The molecule has 0 radical (unpaired) electrons. The van der Waals surface area contributed by atoms with Crippen molar-refractivity contribution in [2.45, 2.75) is 19.1 Å². The van der Waals surface area contributed by atoms with Crippen LogP contribution in [0, 0.1) is 0 Å². The van der Waals surface area contributed by atoms with Gasteiger partial charge in [-0.3, -0.25) is 14.5 Å². The Kier molecular flexibility index (Phi) is 4.10. The van der Waals surface area contributed by atoms with Crippen molar-refractivity contribution in [2.75, 3.05) is 13.1 Å². The van der Waals surface area contributed by atoms with Crippen molar-refractivity contribution in [2.24, 2.45) is 0 Å². The fourth-order valence-electron chi connectivity index (χ4n) is 2.95. The van der Waals surface area contributed by atoms with Crippen molar-refractivity contribution < 1.29 is 18.0 Å². The van der Waals surface area contributed by atoms with Gasteiger partial charge in [0.05, 0.1) is 24.8 Å². The number of benzene rings is 1. The summed E-state index contributed by atoms with van der Waals surface area (Å²) in [5.74, 6) is -0.214. The summed E-state index contributed by atoms with van der Waals surface area (Å²) in [6, 6.07) is 7.84. The lowest BCUT2D eigenvalue weighted by molar-refractivity contribution is -0.139. The molecule has 3 heterocycles. The number of pyridine rings is 1. The lowest BCUT2D eigenvalue weighted by Gasteiger charge is -2.34. The molecule has 1 aliphatic heterocycles. The molecule has 3 aromatic rings. The number of hydrogen-bond acceptors (Lipinski definition) is 3. The summed E-state index contributed by atoms with van der Waals surface area (Å²) in [6.45, 7) is 0.211. The van der Waals surface area contributed by atoms with Gasteiger partial charge in [-0.2, -0.15) is 5.10 Å². The molecular formula is C18H15F3N4O. The van der Waals surface area contributed by atoms with E-state index in [4.69, 9.17) is 0 Å². The Bertz CT molecular complexity index is 966. The van der Waals surface area contributed by atoms with Crippen molar-refractivity contribution in [3.8, 4) is 11.1 Å². The van der Waals surface area contributed by atoms with Crippen molar-refractivity contribution in [3.63, 3.8) is 0 Å². The highest BCUT2D eigenvalue weighted by atomic mass is 19.3. The highest BCUT2D eigenvalue weighted by Crippen LogP contribution is 2.27. The fraction of sp³-hybridized carbons (Fsp3) is 0.278. The Morgan fingerprint density at radius 2 is 2.00 bits per heavy atom. The van der Waals surface area contributed by atoms with Crippen LogP contribution in [0.2, 0.25) is 0 Å². The minimum Gasteiger partial charge on any atom is -0.335 e. The van der Waals surface area contributed by atoms with Gasteiger partial charge < -0.3 is 4.90 Å². The van der Waals surface area contributed by atoms with E-state index in [9.17, 15) is 18.0 Å². The summed E-state index contributed by atoms with van der Waals surface area (Å²) in [6.07, 6.45) is -0.380. The topological polar surface area (TPSA) is 51.0 Å². The molecule has 0 N–H and O–H groups in total. The lowest BCUT2D eigenvalue weighted by Crippen LogP contribution is -2.52. The number of hydrogen-bond donors (Lipinski definition) is 0. The summed E-state index contributed by atoms with van der Waals surface area (Å²) in [4.78, 5) is 17.9. The quantitative estimate of drug-likeness (QED) is 0.718. The number of rotatable bonds is 4. The van der Waals surface area contributed by atoms with E-state index in [0.29, 0.717) is 22.2 Å². The van der Waals surface area contributed by atoms with E-state index >= 15 is 0 Å². The number of carbonyl (C=O) groups excluding carboxylic acids is 1. The SMILES string of the molecule is O=C(Cn1ncc2ncc(-c3cccc(C(F)F)c3)cc21)N1CC(F)C1. The number of alkyl halides is 3. The number of carbonyl (C=O) groups is 1. The zero-order valence-electron chi connectivity index (χ0n) is 13.6. The number of fused-ring (bicyclic) bond motifs is 1. The van der Waals surface area contributed by atoms with E-state index in [-0.39, 0.29) is 31.1 Å². The van der Waals surface area contributed by atoms with Crippen LogP contribution in [0.3, 0.4) is 0 Å². The van der Waals surface area contributed by atoms with Gasteiger partial charge in [-0.1, -0.05) is 18.2 Å². The van der Waals surface area contributed by atoms with Gasteiger partial charge in [-0.25, -0.2) is 13.2 Å².